The predicted molar refractivity (Wildman–Crippen MR) is 99.4 cm³/mol. The summed E-state index contributed by atoms with van der Waals surface area (Å²) in [6.45, 7) is 3.43. The van der Waals surface area contributed by atoms with Gasteiger partial charge in [-0.2, -0.15) is 17.9 Å². The molecule has 2 rings (SSSR count). The molecule has 0 spiro atoms. The molecular weight excluding hydrogens is 452 g/mol. The third-order valence-electron chi connectivity index (χ3n) is 4.02. The van der Waals surface area contributed by atoms with Crippen LogP contribution in [0.2, 0.25) is 0 Å². The number of halogens is 6. The van der Waals surface area contributed by atoms with Gasteiger partial charge >= 0.3 is 12.5 Å². The molecule has 2 aromatic carbocycles. The molecule has 0 amide bonds. The summed E-state index contributed by atoms with van der Waals surface area (Å²) < 4.78 is 113. The lowest BCUT2D eigenvalue weighted by molar-refractivity contribution is -0.274. The Bertz CT molecular complexity index is 1010. The van der Waals surface area contributed by atoms with Crippen molar-refractivity contribution in [2.24, 2.45) is 0 Å². The van der Waals surface area contributed by atoms with Gasteiger partial charge < -0.3 is 9.47 Å². The molecule has 1 unspecified atom stereocenters. The maximum Gasteiger partial charge on any atom is 0.573 e. The number of sulfonamides is 1. The lowest BCUT2D eigenvalue weighted by Gasteiger charge is -2.23. The van der Waals surface area contributed by atoms with E-state index in [2.05, 4.69) is 4.74 Å². The normalized spacial score (nSPS) is 13.7. The highest BCUT2D eigenvalue weighted by Crippen LogP contribution is 2.29. The minimum absolute atomic E-state index is 0.267. The van der Waals surface area contributed by atoms with Gasteiger partial charge in [-0.15, -0.1) is 13.2 Å². The fourth-order valence-corrected chi connectivity index (χ4v) is 4.63. The molecule has 0 saturated heterocycles. The third-order valence-corrected chi connectivity index (χ3v) is 5.80. The number of ether oxygens (including phenoxy) is 2. The van der Waals surface area contributed by atoms with Gasteiger partial charge in [0.15, 0.2) is 6.04 Å². The van der Waals surface area contributed by atoms with E-state index >= 15 is 0 Å². The Hall–Kier alpha value is -2.47. The van der Waals surface area contributed by atoms with Gasteiger partial charge in [0.1, 0.15) is 18.1 Å². The number of rotatable bonds is 7. The molecule has 0 aromatic heterocycles. The summed E-state index contributed by atoms with van der Waals surface area (Å²) in [5.41, 5.74) is 1.28. The van der Waals surface area contributed by atoms with Crippen LogP contribution in [0.3, 0.4) is 0 Å². The van der Waals surface area contributed by atoms with E-state index in [-0.39, 0.29) is 21.8 Å². The first kappa shape index (κ1) is 24.8. The second kappa shape index (κ2) is 8.95. The molecule has 0 fully saturated rings. The van der Waals surface area contributed by atoms with E-state index in [1.165, 1.54) is 26.0 Å². The van der Waals surface area contributed by atoms with Gasteiger partial charge in [-0.3, -0.25) is 0 Å². The van der Waals surface area contributed by atoms with Crippen molar-refractivity contribution >= 4 is 10.0 Å². The summed E-state index contributed by atoms with van der Waals surface area (Å²) in [6.07, 6.45) is -10.0. The van der Waals surface area contributed by atoms with E-state index < -0.39 is 41.0 Å². The highest BCUT2D eigenvalue weighted by Gasteiger charge is 2.43. The monoisotopic (exact) mass is 471 g/mol. The van der Waals surface area contributed by atoms with Crippen LogP contribution in [0, 0.1) is 20.8 Å². The van der Waals surface area contributed by atoms with Gasteiger partial charge in [-0.25, -0.2) is 8.42 Å². The average Bonchev–Trinajstić information content (AvgIpc) is 2.55. The van der Waals surface area contributed by atoms with Crippen molar-refractivity contribution in [3.05, 3.63) is 53.1 Å². The Morgan fingerprint density at radius 2 is 1.48 bits per heavy atom. The van der Waals surface area contributed by atoms with Gasteiger partial charge in [-0.1, -0.05) is 23.8 Å². The van der Waals surface area contributed by atoms with E-state index in [0.717, 1.165) is 29.8 Å². The van der Waals surface area contributed by atoms with Crippen molar-refractivity contribution in [1.82, 2.24) is 4.72 Å². The van der Waals surface area contributed by atoms with Crippen LogP contribution in [0.25, 0.3) is 0 Å². The van der Waals surface area contributed by atoms with Gasteiger partial charge in [0, 0.05) is 6.07 Å². The Morgan fingerprint density at radius 1 is 0.935 bits per heavy atom. The highest BCUT2D eigenvalue weighted by atomic mass is 32.2. The number of alkyl halides is 6. The van der Waals surface area contributed by atoms with Crippen molar-refractivity contribution in [3.63, 3.8) is 0 Å². The quantitative estimate of drug-likeness (QED) is 0.590. The van der Waals surface area contributed by atoms with Crippen molar-refractivity contribution in [2.75, 3.05) is 6.61 Å². The Balaban J connectivity index is 2.24. The van der Waals surface area contributed by atoms with E-state index in [1.54, 1.807) is 11.6 Å². The topological polar surface area (TPSA) is 64.6 Å². The Kier molecular flexibility index (Phi) is 7.16. The van der Waals surface area contributed by atoms with E-state index in [9.17, 15) is 34.8 Å². The summed E-state index contributed by atoms with van der Waals surface area (Å²) in [6, 6.07) is 4.27. The van der Waals surface area contributed by atoms with E-state index in [0.29, 0.717) is 0 Å². The molecule has 0 radical (unpaired) electrons. The molecule has 12 heteroatoms. The number of benzene rings is 2. The summed E-state index contributed by atoms with van der Waals surface area (Å²) in [7, 11) is -4.58. The molecule has 172 valence electrons. The minimum Gasteiger partial charge on any atom is -0.491 e. The summed E-state index contributed by atoms with van der Waals surface area (Å²) in [5.74, 6) is -1.06. The van der Waals surface area contributed by atoms with Gasteiger partial charge in [-0.05, 0) is 44.0 Å². The largest absolute Gasteiger partial charge is 0.573 e. The first-order valence-corrected chi connectivity index (χ1v) is 10.2. The predicted octanol–water partition coefficient (Wildman–Crippen LogP) is 4.80. The second-order valence-corrected chi connectivity index (χ2v) is 8.43. The summed E-state index contributed by atoms with van der Waals surface area (Å²) >= 11 is 0. The zero-order chi connectivity index (χ0) is 23.6. The highest BCUT2D eigenvalue weighted by molar-refractivity contribution is 7.89. The van der Waals surface area contributed by atoms with Crippen LogP contribution in [0.15, 0.2) is 41.3 Å². The van der Waals surface area contributed by atoms with Crippen LogP contribution in [0.5, 0.6) is 11.5 Å². The molecule has 0 heterocycles. The van der Waals surface area contributed by atoms with Crippen molar-refractivity contribution in [3.8, 4) is 11.5 Å². The van der Waals surface area contributed by atoms with Crippen LogP contribution >= 0.6 is 0 Å². The van der Waals surface area contributed by atoms with Crippen LogP contribution in [0.1, 0.15) is 16.7 Å². The van der Waals surface area contributed by atoms with Crippen LogP contribution in [-0.2, 0) is 10.0 Å². The molecule has 0 aliphatic heterocycles. The van der Waals surface area contributed by atoms with Gasteiger partial charge in [0.2, 0.25) is 10.0 Å². The standard InChI is InChI=1S/C19H19F6NO4S/c1-11-7-12(2)17(13(3)8-11)31(27,28)26-16(18(20,21)22)10-29-14-5-4-6-15(9-14)30-19(23,24)25/h4-9,16,26H,10H2,1-3H3. The third kappa shape index (κ3) is 7.03. The van der Waals surface area contributed by atoms with Crippen molar-refractivity contribution in [1.29, 1.82) is 0 Å². The Labute approximate surface area is 175 Å². The number of aryl methyl sites for hydroxylation is 3. The smallest absolute Gasteiger partial charge is 0.491 e. The molecule has 31 heavy (non-hydrogen) atoms. The minimum atomic E-state index is -5.03. The molecule has 5 nitrogen and oxygen atoms in total. The van der Waals surface area contributed by atoms with Crippen LogP contribution in [-0.4, -0.2) is 33.6 Å². The number of nitrogens with one attached hydrogen (secondary N) is 1. The van der Waals surface area contributed by atoms with E-state index in [1.807, 2.05) is 0 Å². The van der Waals surface area contributed by atoms with Gasteiger partial charge in [0.25, 0.3) is 0 Å². The van der Waals surface area contributed by atoms with Crippen molar-refractivity contribution in [2.45, 2.75) is 44.2 Å². The number of hydrogen-bond donors (Lipinski definition) is 1. The molecule has 0 saturated carbocycles. The zero-order valence-corrected chi connectivity index (χ0v) is 17.4. The molecule has 1 N–H and O–H groups in total. The fourth-order valence-electron chi connectivity index (χ4n) is 2.97. The zero-order valence-electron chi connectivity index (χ0n) is 16.6. The summed E-state index contributed by atoms with van der Waals surface area (Å²) in [4.78, 5) is -0.284. The Morgan fingerprint density at radius 3 is 2.00 bits per heavy atom. The summed E-state index contributed by atoms with van der Waals surface area (Å²) in [5, 5.41) is 0. The fraction of sp³-hybridized carbons (Fsp3) is 0.368. The van der Waals surface area contributed by atoms with E-state index in [4.69, 9.17) is 4.74 Å². The molecule has 0 bridgehead atoms. The van der Waals surface area contributed by atoms with Crippen LogP contribution in [0.4, 0.5) is 26.3 Å². The van der Waals surface area contributed by atoms with Gasteiger partial charge in [0.05, 0.1) is 4.90 Å². The lowest BCUT2D eigenvalue weighted by Crippen LogP contribution is -2.49. The number of hydrogen-bond acceptors (Lipinski definition) is 4. The molecule has 0 aliphatic rings. The first-order chi connectivity index (χ1) is 14.1. The SMILES string of the molecule is Cc1cc(C)c(S(=O)(=O)NC(COc2cccc(OC(F)(F)F)c2)C(F)(F)F)c(C)c1. The maximum atomic E-state index is 13.5. The molecular formula is C19H19F6NO4S. The average molecular weight is 471 g/mol. The second-order valence-electron chi connectivity index (χ2n) is 6.78. The lowest BCUT2D eigenvalue weighted by atomic mass is 10.1. The molecule has 1 atom stereocenters. The van der Waals surface area contributed by atoms with Crippen molar-refractivity contribution < 1.29 is 44.2 Å². The first-order valence-electron chi connectivity index (χ1n) is 8.74. The molecule has 0 aliphatic carbocycles. The molecule has 2 aromatic rings. The maximum absolute atomic E-state index is 13.5. The van der Waals surface area contributed by atoms with Crippen LogP contribution < -0.4 is 14.2 Å².